The molecule has 0 saturated carbocycles. The van der Waals surface area contributed by atoms with Gasteiger partial charge in [0.1, 0.15) is 0 Å². The van der Waals surface area contributed by atoms with Crippen LogP contribution in [0.3, 0.4) is 0 Å². The van der Waals surface area contributed by atoms with Crippen LogP contribution >= 0.6 is 0 Å². The normalized spacial score (nSPS) is 17.3. The van der Waals surface area contributed by atoms with E-state index in [9.17, 15) is 13.2 Å². The van der Waals surface area contributed by atoms with Gasteiger partial charge in [0.2, 0.25) is 0 Å². The number of benzene rings is 2. The van der Waals surface area contributed by atoms with E-state index in [1.54, 1.807) is 36.4 Å². The van der Waals surface area contributed by atoms with E-state index in [1.165, 1.54) is 62.8 Å². The summed E-state index contributed by atoms with van der Waals surface area (Å²) in [6, 6.07) is 14.1. The molecule has 210 valence electrons. The predicted molar refractivity (Wildman–Crippen MR) is 159 cm³/mol. The van der Waals surface area contributed by atoms with Crippen molar-refractivity contribution in [3.8, 4) is 11.8 Å². The van der Waals surface area contributed by atoms with Crippen LogP contribution in [0.4, 0.5) is 5.69 Å². The van der Waals surface area contributed by atoms with Crippen LogP contribution in [0.2, 0.25) is 0 Å². The van der Waals surface area contributed by atoms with E-state index >= 15 is 0 Å². The maximum absolute atomic E-state index is 14.1. The summed E-state index contributed by atoms with van der Waals surface area (Å²) in [6.07, 6.45) is 17.7. The fraction of sp³-hybridized carbons (Fsp3) is 0.485. The number of carbonyl (C=O) groups is 1. The molecule has 0 N–H and O–H groups in total. The number of methoxy groups -OCH3 is 1. The highest BCUT2D eigenvalue weighted by Crippen LogP contribution is 2.29. The third-order valence-electron chi connectivity index (χ3n) is 7.25. The number of nitrogens with zero attached hydrogens (tertiary/aromatic N) is 1. The van der Waals surface area contributed by atoms with E-state index in [1.807, 2.05) is 19.1 Å². The summed E-state index contributed by atoms with van der Waals surface area (Å²) in [5.41, 5.74) is 3.06. The molecule has 6 heteroatoms. The SMILES string of the molecule is COC(=O)C#Cc1ccccc1N(C/C1=C/CCCCCCCCCCCCC1)S(=O)(=O)c1ccc(C)cc1. The zero-order chi connectivity index (χ0) is 27.9. The Morgan fingerprint density at radius 1 is 0.846 bits per heavy atom. The molecule has 0 bridgehead atoms. The second kappa shape index (κ2) is 16.2. The van der Waals surface area contributed by atoms with Gasteiger partial charge in [-0.3, -0.25) is 4.31 Å². The molecule has 39 heavy (non-hydrogen) atoms. The first-order valence-corrected chi connectivity index (χ1v) is 15.8. The molecule has 5 nitrogen and oxygen atoms in total. The number of esters is 1. The zero-order valence-corrected chi connectivity index (χ0v) is 24.4. The van der Waals surface area contributed by atoms with E-state index in [4.69, 9.17) is 0 Å². The molecule has 2 aromatic rings. The molecule has 1 aliphatic carbocycles. The first kappa shape index (κ1) is 30.5. The minimum atomic E-state index is -3.89. The molecule has 0 aromatic heterocycles. The molecule has 0 saturated heterocycles. The highest BCUT2D eigenvalue weighted by atomic mass is 32.2. The fourth-order valence-electron chi connectivity index (χ4n) is 4.93. The number of para-hydroxylation sites is 1. The number of carbonyl (C=O) groups excluding carboxylic acids is 1. The topological polar surface area (TPSA) is 63.7 Å². The lowest BCUT2D eigenvalue weighted by molar-refractivity contribution is -0.133. The van der Waals surface area contributed by atoms with Crippen LogP contribution in [-0.4, -0.2) is 28.0 Å². The number of rotatable bonds is 5. The van der Waals surface area contributed by atoms with Crippen molar-refractivity contribution < 1.29 is 17.9 Å². The summed E-state index contributed by atoms with van der Waals surface area (Å²) in [6.45, 7) is 2.20. The van der Waals surface area contributed by atoms with Crippen LogP contribution in [0.5, 0.6) is 0 Å². The molecule has 0 radical (unpaired) electrons. The molecule has 0 amide bonds. The van der Waals surface area contributed by atoms with E-state index in [2.05, 4.69) is 22.7 Å². The van der Waals surface area contributed by atoms with E-state index < -0.39 is 16.0 Å². The lowest BCUT2D eigenvalue weighted by Crippen LogP contribution is -2.33. The maximum atomic E-state index is 14.1. The molecule has 0 spiro atoms. The van der Waals surface area contributed by atoms with Gasteiger partial charge in [0.05, 0.1) is 24.2 Å². The molecule has 0 aliphatic heterocycles. The molecule has 0 unspecified atom stereocenters. The van der Waals surface area contributed by atoms with Crippen molar-refractivity contribution in [3.63, 3.8) is 0 Å². The Morgan fingerprint density at radius 3 is 2.08 bits per heavy atom. The second-order valence-corrected chi connectivity index (χ2v) is 12.2. The fourth-order valence-corrected chi connectivity index (χ4v) is 6.42. The first-order valence-electron chi connectivity index (χ1n) is 14.4. The zero-order valence-electron chi connectivity index (χ0n) is 23.6. The van der Waals surface area contributed by atoms with E-state index in [0.717, 1.165) is 43.2 Å². The Kier molecular flexibility index (Phi) is 12.6. The van der Waals surface area contributed by atoms with E-state index in [-0.39, 0.29) is 11.4 Å². The van der Waals surface area contributed by atoms with Gasteiger partial charge in [0, 0.05) is 11.5 Å². The van der Waals surface area contributed by atoms with Gasteiger partial charge in [-0.05, 0) is 56.9 Å². The summed E-state index contributed by atoms with van der Waals surface area (Å²) in [4.78, 5) is 12.0. The minimum Gasteiger partial charge on any atom is -0.459 e. The number of hydrogen-bond acceptors (Lipinski definition) is 4. The van der Waals surface area contributed by atoms with Crippen molar-refractivity contribution in [1.82, 2.24) is 0 Å². The second-order valence-electron chi connectivity index (χ2n) is 10.4. The maximum Gasteiger partial charge on any atom is 0.384 e. The number of hydrogen-bond donors (Lipinski definition) is 0. The lowest BCUT2D eigenvalue weighted by atomic mass is 10.0. The molecule has 0 fully saturated rings. The quantitative estimate of drug-likeness (QED) is 0.218. The lowest BCUT2D eigenvalue weighted by Gasteiger charge is -2.27. The van der Waals surface area contributed by atoms with Crippen LogP contribution in [0.25, 0.3) is 0 Å². The Balaban J connectivity index is 1.99. The minimum absolute atomic E-state index is 0.238. The van der Waals surface area contributed by atoms with Gasteiger partial charge in [-0.25, -0.2) is 13.2 Å². The summed E-state index contributed by atoms with van der Waals surface area (Å²) >= 11 is 0. The summed E-state index contributed by atoms with van der Waals surface area (Å²) in [5.74, 6) is 4.64. The van der Waals surface area contributed by atoms with Crippen molar-refractivity contribution >= 4 is 21.7 Å². The Hall–Kier alpha value is -3.04. The molecule has 1 aliphatic rings. The van der Waals surface area contributed by atoms with Gasteiger partial charge in [-0.1, -0.05) is 105 Å². The van der Waals surface area contributed by atoms with Crippen molar-refractivity contribution in [2.75, 3.05) is 18.0 Å². The average molecular weight is 550 g/mol. The molecule has 3 rings (SSSR count). The third-order valence-corrected chi connectivity index (χ3v) is 9.02. The molecular weight excluding hydrogens is 506 g/mol. The molecule has 2 aromatic carbocycles. The van der Waals surface area contributed by atoms with Crippen LogP contribution in [-0.2, 0) is 19.6 Å². The largest absolute Gasteiger partial charge is 0.459 e. The Labute approximate surface area is 235 Å². The Bertz CT molecular complexity index is 1250. The van der Waals surface area contributed by atoms with Crippen LogP contribution in [0, 0.1) is 18.8 Å². The van der Waals surface area contributed by atoms with Crippen molar-refractivity contribution in [2.45, 2.75) is 95.3 Å². The predicted octanol–water partition coefficient (Wildman–Crippen LogP) is 7.73. The van der Waals surface area contributed by atoms with Crippen LogP contribution in [0.15, 0.2) is 65.1 Å². The van der Waals surface area contributed by atoms with Gasteiger partial charge >= 0.3 is 5.97 Å². The average Bonchev–Trinajstić information content (AvgIpc) is 2.95. The number of aryl methyl sites for hydroxylation is 1. The third kappa shape index (κ3) is 9.89. The highest BCUT2D eigenvalue weighted by Gasteiger charge is 2.27. The van der Waals surface area contributed by atoms with Crippen molar-refractivity contribution in [1.29, 1.82) is 0 Å². The van der Waals surface area contributed by atoms with Gasteiger partial charge in [0.25, 0.3) is 10.0 Å². The first-order chi connectivity index (χ1) is 18.9. The number of anilines is 1. The van der Waals surface area contributed by atoms with Crippen molar-refractivity contribution in [2.24, 2.45) is 0 Å². The Morgan fingerprint density at radius 2 is 1.44 bits per heavy atom. The van der Waals surface area contributed by atoms with Gasteiger partial charge in [-0.15, -0.1) is 0 Å². The number of sulfonamides is 1. The molecular formula is C33H43NO4S. The summed E-state index contributed by atoms with van der Waals surface area (Å²) < 4.78 is 34.4. The molecule has 0 atom stereocenters. The summed E-state index contributed by atoms with van der Waals surface area (Å²) in [7, 11) is -2.62. The van der Waals surface area contributed by atoms with Crippen molar-refractivity contribution in [3.05, 3.63) is 71.3 Å². The summed E-state index contributed by atoms with van der Waals surface area (Å²) in [5, 5.41) is 0. The number of allylic oxidation sites excluding steroid dienone is 1. The van der Waals surface area contributed by atoms with Gasteiger partial charge < -0.3 is 4.74 Å². The molecule has 0 heterocycles. The standard InChI is InChI=1S/C33H43NO4S/c1-28-21-24-31(25-22-28)39(36,37)34(32-20-16-15-19-30(32)23-26-33(35)38-2)27-29-17-13-11-9-7-5-3-4-6-8-10-12-14-18-29/h15-17,19-22,24-25H,3-14,18,27H2,1-2H3/b29-17+. The highest BCUT2D eigenvalue weighted by molar-refractivity contribution is 7.92. The van der Waals surface area contributed by atoms with Crippen LogP contribution < -0.4 is 4.31 Å². The van der Waals surface area contributed by atoms with Gasteiger partial charge in [0.15, 0.2) is 0 Å². The monoisotopic (exact) mass is 549 g/mol. The van der Waals surface area contributed by atoms with E-state index in [0.29, 0.717) is 11.3 Å². The number of ether oxygens (including phenoxy) is 1. The van der Waals surface area contributed by atoms with Gasteiger partial charge in [-0.2, -0.15) is 0 Å². The smallest absolute Gasteiger partial charge is 0.384 e. The van der Waals surface area contributed by atoms with Crippen LogP contribution in [0.1, 0.15) is 94.6 Å².